The van der Waals surface area contributed by atoms with E-state index in [0.29, 0.717) is 0 Å². The van der Waals surface area contributed by atoms with Gasteiger partial charge in [-0.2, -0.15) is 0 Å². The maximum atomic E-state index is 11.7. The van der Waals surface area contributed by atoms with Crippen LogP contribution in [0.3, 0.4) is 0 Å². The number of phenols is 1. The smallest absolute Gasteiger partial charge is 0.274 e. The molecule has 8 nitrogen and oxygen atoms in total. The van der Waals surface area contributed by atoms with Gasteiger partial charge in [-0.1, -0.05) is 12.1 Å². The highest BCUT2D eigenvalue weighted by atomic mass is 16.3. The Bertz CT molecular complexity index is 667. The first kappa shape index (κ1) is 12.6. The van der Waals surface area contributed by atoms with E-state index in [4.69, 9.17) is 0 Å². The van der Waals surface area contributed by atoms with Crippen molar-refractivity contribution in [1.29, 1.82) is 0 Å². The van der Waals surface area contributed by atoms with Crippen LogP contribution in [0.2, 0.25) is 0 Å². The van der Waals surface area contributed by atoms with E-state index in [0.717, 1.165) is 0 Å². The summed E-state index contributed by atoms with van der Waals surface area (Å²) in [6, 6.07) is 6.06. The number of aromatic nitrogens is 3. The van der Waals surface area contributed by atoms with Crippen LogP contribution >= 0.6 is 0 Å². The van der Waals surface area contributed by atoms with Gasteiger partial charge >= 0.3 is 0 Å². The first-order chi connectivity index (χ1) is 9.08. The molecule has 0 aliphatic rings. The van der Waals surface area contributed by atoms with E-state index in [1.807, 2.05) is 0 Å². The number of nitrogens with one attached hydrogen (secondary N) is 3. The van der Waals surface area contributed by atoms with Crippen molar-refractivity contribution in [2.45, 2.75) is 6.92 Å². The van der Waals surface area contributed by atoms with E-state index >= 15 is 0 Å². The summed E-state index contributed by atoms with van der Waals surface area (Å²) in [7, 11) is 0. The second-order valence-corrected chi connectivity index (χ2v) is 3.68. The summed E-state index contributed by atoms with van der Waals surface area (Å²) < 4.78 is 0. The molecule has 1 aromatic heterocycles. The lowest BCUT2D eigenvalue weighted by Gasteiger charge is -2.07. The number of aromatic hydroxyl groups is 1. The number of anilines is 1. The summed E-state index contributed by atoms with van der Waals surface area (Å²) in [5.41, 5.74) is 4.59. The summed E-state index contributed by atoms with van der Waals surface area (Å²) in [6.07, 6.45) is 0. The number of carbonyl (C=O) groups is 1. The number of H-pyrrole nitrogens is 1. The summed E-state index contributed by atoms with van der Waals surface area (Å²) in [5, 5.41) is 16.7. The molecule has 1 heterocycles. The number of aryl methyl sites for hydroxylation is 1. The third kappa shape index (κ3) is 2.86. The molecule has 0 saturated carbocycles. The van der Waals surface area contributed by atoms with Crippen LogP contribution in [0.1, 0.15) is 16.1 Å². The number of hydrogen-bond acceptors (Lipinski definition) is 6. The van der Waals surface area contributed by atoms with E-state index in [1.165, 1.54) is 19.1 Å². The molecular formula is C11H11N5O3. The highest BCUT2D eigenvalue weighted by molar-refractivity contribution is 5.97. The lowest BCUT2D eigenvalue weighted by atomic mass is 10.2. The molecular weight excluding hydrogens is 250 g/mol. The van der Waals surface area contributed by atoms with Gasteiger partial charge in [-0.25, -0.2) is 0 Å². The molecule has 0 saturated heterocycles. The molecule has 98 valence electrons. The van der Waals surface area contributed by atoms with Gasteiger partial charge < -0.3 is 5.11 Å². The fourth-order valence-corrected chi connectivity index (χ4v) is 1.30. The van der Waals surface area contributed by atoms with E-state index in [9.17, 15) is 14.7 Å². The number of hydrazine groups is 1. The molecule has 0 radical (unpaired) electrons. The van der Waals surface area contributed by atoms with Crippen LogP contribution < -0.4 is 16.4 Å². The first-order valence-corrected chi connectivity index (χ1v) is 5.36. The predicted molar refractivity (Wildman–Crippen MR) is 66.6 cm³/mol. The van der Waals surface area contributed by atoms with E-state index < -0.39 is 11.5 Å². The summed E-state index contributed by atoms with van der Waals surface area (Å²) >= 11 is 0. The molecule has 2 rings (SSSR count). The van der Waals surface area contributed by atoms with Crippen molar-refractivity contribution in [3.05, 3.63) is 45.9 Å². The normalized spacial score (nSPS) is 9.95. The summed E-state index contributed by atoms with van der Waals surface area (Å²) in [6.45, 7) is 1.51. The molecule has 0 aliphatic carbocycles. The summed E-state index contributed by atoms with van der Waals surface area (Å²) in [4.78, 5) is 25.4. The minimum atomic E-state index is -0.568. The van der Waals surface area contributed by atoms with Crippen LogP contribution in [0.4, 0.5) is 5.95 Å². The quantitative estimate of drug-likeness (QED) is 0.574. The lowest BCUT2D eigenvalue weighted by molar-refractivity contribution is 0.0959. The minimum absolute atomic E-state index is 0.000582. The largest absolute Gasteiger partial charge is 0.507 e. The fourth-order valence-electron chi connectivity index (χ4n) is 1.30. The van der Waals surface area contributed by atoms with Crippen LogP contribution in [0.15, 0.2) is 29.1 Å². The van der Waals surface area contributed by atoms with Gasteiger partial charge in [0.2, 0.25) is 5.95 Å². The maximum absolute atomic E-state index is 11.7. The number of benzene rings is 1. The number of nitrogens with zero attached hydrogens (tertiary/aromatic N) is 2. The zero-order valence-corrected chi connectivity index (χ0v) is 9.97. The number of phenolic OH excluding ortho intramolecular Hbond substituents is 1. The van der Waals surface area contributed by atoms with Gasteiger partial charge in [0.1, 0.15) is 11.4 Å². The Morgan fingerprint density at radius 2 is 2.05 bits per heavy atom. The molecule has 1 aromatic carbocycles. The predicted octanol–water partition coefficient (Wildman–Crippen LogP) is -0.0642. The van der Waals surface area contributed by atoms with Crippen LogP contribution in [0, 0.1) is 6.92 Å². The van der Waals surface area contributed by atoms with Crippen molar-refractivity contribution < 1.29 is 9.90 Å². The summed E-state index contributed by atoms with van der Waals surface area (Å²) in [5.74, 6) is -0.717. The molecule has 0 fully saturated rings. The molecule has 8 heteroatoms. The molecule has 0 unspecified atom stereocenters. The zero-order valence-electron chi connectivity index (χ0n) is 9.97. The molecule has 0 aliphatic heterocycles. The highest BCUT2D eigenvalue weighted by Crippen LogP contribution is 2.14. The molecule has 1 amide bonds. The fraction of sp³-hybridized carbons (Fsp3) is 0.0909. The molecule has 4 N–H and O–H groups in total. The van der Waals surface area contributed by atoms with Crippen molar-refractivity contribution in [3.63, 3.8) is 0 Å². The third-order valence-corrected chi connectivity index (χ3v) is 2.30. The Kier molecular flexibility index (Phi) is 3.42. The van der Waals surface area contributed by atoms with E-state index in [1.54, 1.807) is 12.1 Å². The van der Waals surface area contributed by atoms with Gasteiger partial charge in [0, 0.05) is 0 Å². The van der Waals surface area contributed by atoms with Crippen molar-refractivity contribution in [2.75, 3.05) is 5.43 Å². The second kappa shape index (κ2) is 5.17. The Balaban J connectivity index is 2.07. The van der Waals surface area contributed by atoms with Gasteiger partial charge in [-0.3, -0.25) is 25.4 Å². The maximum Gasteiger partial charge on any atom is 0.274 e. The number of rotatable bonds is 3. The Labute approximate surface area is 107 Å². The van der Waals surface area contributed by atoms with Crippen molar-refractivity contribution in [1.82, 2.24) is 20.6 Å². The van der Waals surface area contributed by atoms with Crippen LogP contribution in [0.25, 0.3) is 0 Å². The van der Waals surface area contributed by atoms with Crippen molar-refractivity contribution in [2.24, 2.45) is 0 Å². The van der Waals surface area contributed by atoms with Crippen molar-refractivity contribution >= 4 is 11.9 Å². The minimum Gasteiger partial charge on any atom is -0.507 e. The lowest BCUT2D eigenvalue weighted by Crippen LogP contribution is -2.31. The zero-order chi connectivity index (χ0) is 13.8. The van der Waals surface area contributed by atoms with Crippen LogP contribution in [-0.2, 0) is 0 Å². The highest BCUT2D eigenvalue weighted by Gasteiger charge is 2.10. The molecule has 19 heavy (non-hydrogen) atoms. The van der Waals surface area contributed by atoms with Crippen LogP contribution in [0.5, 0.6) is 5.75 Å². The van der Waals surface area contributed by atoms with Gasteiger partial charge in [-0.15, -0.1) is 10.2 Å². The molecule has 0 spiro atoms. The standard InChI is InChI=1S/C11H11N5O3/c1-6-9(18)12-11(15-13-6)16-14-10(19)7-4-2-3-5-8(7)17/h2-5,17H,1H3,(H,14,19)(H2,12,15,16,18). The monoisotopic (exact) mass is 261 g/mol. The van der Waals surface area contributed by atoms with Crippen molar-refractivity contribution in [3.8, 4) is 5.75 Å². The SMILES string of the molecule is Cc1nnc(NNC(=O)c2ccccc2O)[nH]c1=O. The van der Waals surface area contributed by atoms with E-state index in [-0.39, 0.29) is 23.0 Å². The number of para-hydroxylation sites is 1. The Morgan fingerprint density at radius 3 is 2.74 bits per heavy atom. The van der Waals surface area contributed by atoms with Gasteiger partial charge in [-0.05, 0) is 19.1 Å². The van der Waals surface area contributed by atoms with Crippen LogP contribution in [-0.4, -0.2) is 26.2 Å². The molecule has 0 bridgehead atoms. The number of amides is 1. The molecule has 0 atom stereocenters. The average Bonchev–Trinajstić information content (AvgIpc) is 2.40. The topological polar surface area (TPSA) is 120 Å². The Hall–Kier alpha value is -2.90. The van der Waals surface area contributed by atoms with Gasteiger partial charge in [0.25, 0.3) is 11.5 Å². The Morgan fingerprint density at radius 1 is 1.32 bits per heavy atom. The second-order valence-electron chi connectivity index (χ2n) is 3.68. The third-order valence-electron chi connectivity index (χ3n) is 2.30. The van der Waals surface area contributed by atoms with Gasteiger partial charge in [0.15, 0.2) is 0 Å². The number of aromatic amines is 1. The number of carbonyl (C=O) groups excluding carboxylic acids is 1. The number of hydrogen-bond donors (Lipinski definition) is 4. The first-order valence-electron chi connectivity index (χ1n) is 5.36. The van der Waals surface area contributed by atoms with Gasteiger partial charge in [0.05, 0.1) is 5.56 Å². The average molecular weight is 261 g/mol. The molecule has 2 aromatic rings. The van der Waals surface area contributed by atoms with E-state index in [2.05, 4.69) is 26.0 Å².